The van der Waals surface area contributed by atoms with E-state index in [4.69, 9.17) is 5.11 Å². The molecule has 0 aliphatic carbocycles. The van der Waals surface area contributed by atoms with Gasteiger partial charge in [-0.1, -0.05) is 0 Å². The van der Waals surface area contributed by atoms with E-state index >= 15 is 0 Å². The maximum absolute atomic E-state index is 12.7. The molecule has 1 aromatic rings. The maximum atomic E-state index is 12.7. The molecule has 12 heavy (non-hydrogen) atoms. The van der Waals surface area contributed by atoms with E-state index in [1.807, 2.05) is 0 Å². The molecule has 1 heterocycles. The molecule has 0 amide bonds. The number of carboxylic acids is 1. The molecular weight excluding hydrogens is 168 g/mol. The summed E-state index contributed by atoms with van der Waals surface area (Å²) in [5.41, 5.74) is -0.387. The molecular formula is C7H5F2NO2. The molecule has 0 saturated carbocycles. The van der Waals surface area contributed by atoms with E-state index < -0.39 is 24.0 Å². The molecule has 0 saturated heterocycles. The van der Waals surface area contributed by atoms with Crippen LogP contribution in [-0.4, -0.2) is 16.1 Å². The number of rotatable bonds is 2. The number of carbonyl (C=O) groups is 1. The first-order valence-electron chi connectivity index (χ1n) is 3.12. The van der Waals surface area contributed by atoms with Crippen molar-refractivity contribution in [2.24, 2.45) is 0 Å². The third-order valence-corrected chi connectivity index (χ3v) is 1.23. The molecule has 1 N–H and O–H groups in total. The van der Waals surface area contributed by atoms with Gasteiger partial charge in [0, 0.05) is 6.20 Å². The highest BCUT2D eigenvalue weighted by molar-refractivity contribution is 5.69. The lowest BCUT2D eigenvalue weighted by Gasteiger charge is -1.97. The summed E-state index contributed by atoms with van der Waals surface area (Å²) in [5, 5.41) is 8.25. The van der Waals surface area contributed by atoms with Crippen LogP contribution >= 0.6 is 0 Å². The van der Waals surface area contributed by atoms with Crippen LogP contribution in [-0.2, 0) is 11.2 Å². The Hall–Kier alpha value is -1.52. The number of nitrogens with zero attached hydrogens (tertiary/aromatic N) is 1. The van der Waals surface area contributed by atoms with E-state index in [-0.39, 0.29) is 5.69 Å². The third kappa shape index (κ3) is 1.75. The summed E-state index contributed by atoms with van der Waals surface area (Å²) in [7, 11) is 0. The number of aliphatic carboxylic acids is 1. The van der Waals surface area contributed by atoms with Gasteiger partial charge in [0.15, 0.2) is 11.6 Å². The summed E-state index contributed by atoms with van der Waals surface area (Å²) in [6, 6.07) is 0.834. The van der Waals surface area contributed by atoms with Crippen LogP contribution in [0.4, 0.5) is 8.78 Å². The summed E-state index contributed by atoms with van der Waals surface area (Å²) in [6.45, 7) is 0. The summed E-state index contributed by atoms with van der Waals surface area (Å²) in [5.74, 6) is -3.52. The molecule has 0 atom stereocenters. The summed E-state index contributed by atoms with van der Waals surface area (Å²) in [6.07, 6.45) is 0.417. The van der Waals surface area contributed by atoms with Crippen LogP contribution in [0.3, 0.4) is 0 Å². The molecule has 0 spiro atoms. The zero-order valence-electron chi connectivity index (χ0n) is 5.92. The van der Waals surface area contributed by atoms with E-state index in [1.165, 1.54) is 0 Å². The highest BCUT2D eigenvalue weighted by Gasteiger charge is 2.11. The lowest BCUT2D eigenvalue weighted by Crippen LogP contribution is -2.06. The van der Waals surface area contributed by atoms with Crippen molar-refractivity contribution < 1.29 is 18.7 Å². The van der Waals surface area contributed by atoms with E-state index in [1.54, 1.807) is 0 Å². The lowest BCUT2D eigenvalue weighted by atomic mass is 10.2. The first-order chi connectivity index (χ1) is 5.61. The SMILES string of the molecule is O=C(O)Cc1nccc(F)c1F. The standard InChI is InChI=1S/C7H5F2NO2/c8-4-1-2-10-5(7(4)9)3-6(11)12/h1-2H,3H2,(H,11,12). The Kier molecular flexibility index (Phi) is 2.32. The highest BCUT2D eigenvalue weighted by Crippen LogP contribution is 2.08. The number of halogens is 2. The molecule has 5 heteroatoms. The van der Waals surface area contributed by atoms with Crippen molar-refractivity contribution in [1.29, 1.82) is 0 Å². The molecule has 0 aliphatic rings. The number of hydrogen-bond acceptors (Lipinski definition) is 2. The maximum Gasteiger partial charge on any atom is 0.309 e. The van der Waals surface area contributed by atoms with Crippen molar-refractivity contribution >= 4 is 5.97 Å². The Balaban J connectivity index is 3.00. The van der Waals surface area contributed by atoms with Gasteiger partial charge < -0.3 is 5.11 Å². The summed E-state index contributed by atoms with van der Waals surface area (Å²) in [4.78, 5) is 13.5. The summed E-state index contributed by atoms with van der Waals surface area (Å²) >= 11 is 0. The molecule has 1 aromatic heterocycles. The Labute approximate surface area is 66.7 Å². The zero-order valence-corrected chi connectivity index (χ0v) is 5.92. The topological polar surface area (TPSA) is 50.2 Å². The quantitative estimate of drug-likeness (QED) is 0.725. The average molecular weight is 173 g/mol. The first-order valence-corrected chi connectivity index (χ1v) is 3.12. The fraction of sp³-hybridized carbons (Fsp3) is 0.143. The van der Waals surface area contributed by atoms with Gasteiger partial charge in [0.1, 0.15) is 0 Å². The van der Waals surface area contributed by atoms with Crippen LogP contribution in [0.2, 0.25) is 0 Å². The van der Waals surface area contributed by atoms with Crippen LogP contribution in [0.1, 0.15) is 5.69 Å². The zero-order chi connectivity index (χ0) is 9.14. The largest absolute Gasteiger partial charge is 0.481 e. The first kappa shape index (κ1) is 8.58. The molecule has 0 unspecified atom stereocenters. The van der Waals surface area contributed by atoms with Crippen molar-refractivity contribution in [3.05, 3.63) is 29.6 Å². The van der Waals surface area contributed by atoms with E-state index in [2.05, 4.69) is 4.98 Å². The third-order valence-electron chi connectivity index (χ3n) is 1.23. The van der Waals surface area contributed by atoms with Gasteiger partial charge in [0.25, 0.3) is 0 Å². The van der Waals surface area contributed by atoms with E-state index in [0.717, 1.165) is 12.3 Å². The predicted octanol–water partition coefficient (Wildman–Crippen LogP) is 0.987. The van der Waals surface area contributed by atoms with Crippen LogP contribution in [0.25, 0.3) is 0 Å². The Bertz CT molecular complexity index is 314. The van der Waals surface area contributed by atoms with Gasteiger partial charge in [-0.15, -0.1) is 0 Å². The van der Waals surface area contributed by atoms with Gasteiger partial charge >= 0.3 is 5.97 Å². The van der Waals surface area contributed by atoms with Crippen LogP contribution in [0, 0.1) is 11.6 Å². The molecule has 1 rings (SSSR count). The minimum Gasteiger partial charge on any atom is -0.481 e. The van der Waals surface area contributed by atoms with Crippen molar-refractivity contribution in [3.63, 3.8) is 0 Å². The monoisotopic (exact) mass is 173 g/mol. The number of carboxylic acid groups (broad SMARTS) is 1. The lowest BCUT2D eigenvalue weighted by molar-refractivity contribution is -0.136. The van der Waals surface area contributed by atoms with Gasteiger partial charge in [0.2, 0.25) is 0 Å². The van der Waals surface area contributed by atoms with Gasteiger partial charge in [-0.2, -0.15) is 0 Å². The smallest absolute Gasteiger partial charge is 0.309 e. The van der Waals surface area contributed by atoms with Gasteiger partial charge in [-0.05, 0) is 6.07 Å². The number of aromatic nitrogens is 1. The predicted molar refractivity (Wildman–Crippen MR) is 35.5 cm³/mol. The summed E-state index contributed by atoms with van der Waals surface area (Å²) < 4.78 is 25.1. The Morgan fingerprint density at radius 3 is 2.83 bits per heavy atom. The normalized spacial score (nSPS) is 9.83. The second-order valence-electron chi connectivity index (χ2n) is 2.12. The van der Waals surface area contributed by atoms with Crippen molar-refractivity contribution in [3.8, 4) is 0 Å². The molecule has 0 aliphatic heterocycles. The molecule has 3 nitrogen and oxygen atoms in total. The van der Waals surface area contributed by atoms with Crippen LogP contribution in [0.5, 0.6) is 0 Å². The second kappa shape index (κ2) is 3.25. The Morgan fingerprint density at radius 2 is 2.25 bits per heavy atom. The van der Waals surface area contributed by atoms with Crippen molar-refractivity contribution in [2.75, 3.05) is 0 Å². The molecule has 0 fully saturated rings. The fourth-order valence-electron chi connectivity index (χ4n) is 0.727. The van der Waals surface area contributed by atoms with Gasteiger partial charge in [-0.3, -0.25) is 9.78 Å². The average Bonchev–Trinajstić information content (AvgIpc) is 1.98. The van der Waals surface area contributed by atoms with Gasteiger partial charge in [0.05, 0.1) is 12.1 Å². The van der Waals surface area contributed by atoms with Crippen LogP contribution < -0.4 is 0 Å². The van der Waals surface area contributed by atoms with E-state index in [0.29, 0.717) is 0 Å². The minimum absolute atomic E-state index is 0.387. The molecule has 64 valence electrons. The van der Waals surface area contributed by atoms with Crippen molar-refractivity contribution in [1.82, 2.24) is 4.98 Å². The van der Waals surface area contributed by atoms with Gasteiger partial charge in [-0.25, -0.2) is 8.78 Å². The highest BCUT2D eigenvalue weighted by atomic mass is 19.2. The van der Waals surface area contributed by atoms with Crippen molar-refractivity contribution in [2.45, 2.75) is 6.42 Å². The number of pyridine rings is 1. The molecule has 0 radical (unpaired) electrons. The molecule has 0 bridgehead atoms. The molecule has 0 aromatic carbocycles. The van der Waals surface area contributed by atoms with E-state index in [9.17, 15) is 13.6 Å². The number of hydrogen-bond donors (Lipinski definition) is 1. The Morgan fingerprint density at radius 1 is 1.58 bits per heavy atom. The minimum atomic E-state index is -1.24. The second-order valence-corrected chi connectivity index (χ2v) is 2.12. The van der Waals surface area contributed by atoms with Crippen LogP contribution in [0.15, 0.2) is 12.3 Å². The fourth-order valence-corrected chi connectivity index (χ4v) is 0.727.